The fourth-order valence-electron chi connectivity index (χ4n) is 1.39. The molecule has 0 spiro atoms. The first-order valence-corrected chi connectivity index (χ1v) is 5.97. The summed E-state index contributed by atoms with van der Waals surface area (Å²) in [6.45, 7) is 1.78. The number of rotatable bonds is 3. The molecule has 19 heavy (non-hydrogen) atoms. The lowest BCUT2D eigenvalue weighted by molar-refractivity contribution is -0.384. The molecule has 0 aliphatic rings. The third kappa shape index (κ3) is 3.13. The number of non-ortho nitro benzene ring substituents is 1. The second-order valence-corrected chi connectivity index (χ2v) is 4.54. The Hall–Kier alpha value is -1.85. The van der Waals surface area contributed by atoms with Gasteiger partial charge in [-0.25, -0.2) is 4.98 Å². The summed E-state index contributed by atoms with van der Waals surface area (Å²) in [6.07, 6.45) is 1.54. The molecule has 2 rings (SSSR count). The number of halogens is 2. The summed E-state index contributed by atoms with van der Waals surface area (Å²) in [4.78, 5) is 14.1. The molecule has 1 aromatic carbocycles. The number of nitrogens with zero attached hydrogens (tertiary/aromatic N) is 2. The Balaban J connectivity index is 2.40. The molecule has 0 radical (unpaired) electrons. The van der Waals surface area contributed by atoms with Crippen molar-refractivity contribution < 1.29 is 9.66 Å². The van der Waals surface area contributed by atoms with E-state index in [1.54, 1.807) is 13.1 Å². The number of nitro groups is 1. The summed E-state index contributed by atoms with van der Waals surface area (Å²) in [5, 5.41) is 11.3. The van der Waals surface area contributed by atoms with Crippen LogP contribution in [0.15, 0.2) is 30.5 Å². The van der Waals surface area contributed by atoms with E-state index in [1.165, 1.54) is 24.3 Å². The zero-order chi connectivity index (χ0) is 14.0. The molecule has 0 fully saturated rings. The highest BCUT2D eigenvalue weighted by Gasteiger charge is 2.12. The van der Waals surface area contributed by atoms with Crippen LogP contribution in [-0.2, 0) is 0 Å². The van der Waals surface area contributed by atoms with E-state index in [9.17, 15) is 10.1 Å². The Morgan fingerprint density at radius 1 is 1.26 bits per heavy atom. The number of aromatic nitrogens is 1. The molecular formula is C12H8Cl2N2O3. The number of pyridine rings is 1. The lowest BCUT2D eigenvalue weighted by Crippen LogP contribution is -1.92. The van der Waals surface area contributed by atoms with Crippen molar-refractivity contribution >= 4 is 28.9 Å². The van der Waals surface area contributed by atoms with Crippen molar-refractivity contribution in [1.29, 1.82) is 0 Å². The Morgan fingerprint density at radius 3 is 2.68 bits per heavy atom. The fourth-order valence-corrected chi connectivity index (χ4v) is 1.70. The molecule has 98 valence electrons. The zero-order valence-electron chi connectivity index (χ0n) is 9.76. The van der Waals surface area contributed by atoms with Gasteiger partial charge in [-0.05, 0) is 13.0 Å². The van der Waals surface area contributed by atoms with E-state index in [4.69, 9.17) is 27.9 Å². The van der Waals surface area contributed by atoms with Gasteiger partial charge in [0.2, 0.25) is 0 Å². The number of nitro benzene ring substituents is 1. The minimum atomic E-state index is -0.518. The monoisotopic (exact) mass is 298 g/mol. The Labute approximate surface area is 118 Å². The van der Waals surface area contributed by atoms with Crippen molar-refractivity contribution in [3.05, 3.63) is 56.3 Å². The summed E-state index contributed by atoms with van der Waals surface area (Å²) in [5.41, 5.74) is 0.643. The number of aryl methyl sites for hydroxylation is 1. The predicted octanol–water partition coefficient (Wildman–Crippen LogP) is 4.40. The van der Waals surface area contributed by atoms with Crippen LogP contribution in [0.5, 0.6) is 11.5 Å². The van der Waals surface area contributed by atoms with Crippen molar-refractivity contribution in [3.63, 3.8) is 0 Å². The molecule has 0 saturated carbocycles. The molecule has 0 unspecified atom stereocenters. The molecule has 0 aliphatic heterocycles. The summed E-state index contributed by atoms with van der Waals surface area (Å²) in [5.74, 6) is 0.642. The molecular weight excluding hydrogens is 291 g/mol. The number of ether oxygens (including phenoxy) is 1. The van der Waals surface area contributed by atoms with Gasteiger partial charge in [-0.15, -0.1) is 0 Å². The van der Waals surface area contributed by atoms with E-state index in [1.807, 2.05) is 0 Å². The zero-order valence-corrected chi connectivity index (χ0v) is 11.3. The smallest absolute Gasteiger partial charge is 0.273 e. The maximum absolute atomic E-state index is 10.7. The molecule has 1 heterocycles. The highest BCUT2D eigenvalue weighted by atomic mass is 35.5. The topological polar surface area (TPSA) is 65.3 Å². The van der Waals surface area contributed by atoms with E-state index < -0.39 is 4.92 Å². The third-order valence-corrected chi connectivity index (χ3v) is 2.88. The number of hydrogen-bond donors (Lipinski definition) is 0. The SMILES string of the molecule is Cc1cnc(Cl)cc1Oc1cc([N+](=O)[O-])ccc1Cl. The van der Waals surface area contributed by atoms with E-state index in [0.29, 0.717) is 5.75 Å². The minimum Gasteiger partial charge on any atom is -0.455 e. The Bertz CT molecular complexity index is 647. The van der Waals surface area contributed by atoms with Crippen molar-refractivity contribution in [1.82, 2.24) is 4.98 Å². The van der Waals surface area contributed by atoms with Gasteiger partial charge in [0.15, 0.2) is 5.75 Å². The van der Waals surface area contributed by atoms with Gasteiger partial charge >= 0.3 is 0 Å². The van der Waals surface area contributed by atoms with Crippen LogP contribution < -0.4 is 4.74 Å². The van der Waals surface area contributed by atoms with E-state index in [2.05, 4.69) is 4.98 Å². The highest BCUT2D eigenvalue weighted by Crippen LogP contribution is 2.34. The van der Waals surface area contributed by atoms with Gasteiger partial charge in [0.1, 0.15) is 10.9 Å². The van der Waals surface area contributed by atoms with E-state index in [-0.39, 0.29) is 21.6 Å². The predicted molar refractivity (Wildman–Crippen MR) is 72.2 cm³/mol. The van der Waals surface area contributed by atoms with Crippen molar-refractivity contribution in [2.24, 2.45) is 0 Å². The van der Waals surface area contributed by atoms with Crippen molar-refractivity contribution in [2.45, 2.75) is 6.92 Å². The van der Waals surface area contributed by atoms with E-state index in [0.717, 1.165) is 5.56 Å². The average Bonchev–Trinajstić information content (AvgIpc) is 2.36. The van der Waals surface area contributed by atoms with Crippen LogP contribution in [0.4, 0.5) is 5.69 Å². The molecule has 0 amide bonds. The normalized spacial score (nSPS) is 10.3. The first-order chi connectivity index (χ1) is 8.97. The Morgan fingerprint density at radius 2 is 2.00 bits per heavy atom. The molecule has 1 aromatic heterocycles. The van der Waals surface area contributed by atoms with Crippen LogP contribution in [0, 0.1) is 17.0 Å². The second kappa shape index (κ2) is 5.42. The minimum absolute atomic E-state index is 0.0998. The van der Waals surface area contributed by atoms with Crippen LogP contribution in [0.2, 0.25) is 10.2 Å². The van der Waals surface area contributed by atoms with Crippen LogP contribution in [0.1, 0.15) is 5.56 Å². The van der Waals surface area contributed by atoms with E-state index >= 15 is 0 Å². The molecule has 5 nitrogen and oxygen atoms in total. The molecule has 2 aromatic rings. The molecule has 0 bridgehead atoms. The maximum Gasteiger partial charge on any atom is 0.273 e. The van der Waals surface area contributed by atoms with Gasteiger partial charge in [0.05, 0.1) is 16.0 Å². The molecule has 0 N–H and O–H groups in total. The van der Waals surface area contributed by atoms with Gasteiger partial charge < -0.3 is 4.74 Å². The highest BCUT2D eigenvalue weighted by molar-refractivity contribution is 6.32. The summed E-state index contributed by atoms with van der Waals surface area (Å²) in [7, 11) is 0. The fraction of sp³-hybridized carbons (Fsp3) is 0.0833. The van der Waals surface area contributed by atoms with Gasteiger partial charge in [0, 0.05) is 23.9 Å². The van der Waals surface area contributed by atoms with Gasteiger partial charge in [0.25, 0.3) is 5.69 Å². The lowest BCUT2D eigenvalue weighted by Gasteiger charge is -2.09. The first-order valence-electron chi connectivity index (χ1n) is 5.21. The standard InChI is InChI=1S/C12H8Cl2N2O3/c1-7-6-15-12(14)5-10(7)19-11-4-8(16(17)18)2-3-9(11)13/h2-6H,1H3. The second-order valence-electron chi connectivity index (χ2n) is 3.75. The van der Waals surface area contributed by atoms with Gasteiger partial charge in [-0.2, -0.15) is 0 Å². The summed E-state index contributed by atoms with van der Waals surface area (Å²) >= 11 is 11.7. The molecule has 0 atom stereocenters. The average molecular weight is 299 g/mol. The molecule has 0 saturated heterocycles. The lowest BCUT2D eigenvalue weighted by atomic mass is 10.2. The maximum atomic E-state index is 10.7. The van der Waals surface area contributed by atoms with Gasteiger partial charge in [-0.3, -0.25) is 10.1 Å². The first kappa shape index (κ1) is 13.6. The van der Waals surface area contributed by atoms with Crippen LogP contribution >= 0.6 is 23.2 Å². The summed E-state index contributed by atoms with van der Waals surface area (Å²) < 4.78 is 5.55. The number of hydrogen-bond acceptors (Lipinski definition) is 4. The molecule has 7 heteroatoms. The van der Waals surface area contributed by atoms with Crippen LogP contribution in [0.3, 0.4) is 0 Å². The molecule has 0 aliphatic carbocycles. The van der Waals surface area contributed by atoms with Gasteiger partial charge in [-0.1, -0.05) is 23.2 Å². The van der Waals surface area contributed by atoms with Crippen molar-refractivity contribution in [2.75, 3.05) is 0 Å². The largest absolute Gasteiger partial charge is 0.455 e. The van der Waals surface area contributed by atoms with Crippen LogP contribution in [0.25, 0.3) is 0 Å². The number of benzene rings is 1. The summed E-state index contributed by atoms with van der Waals surface area (Å²) in [6, 6.07) is 5.50. The van der Waals surface area contributed by atoms with Crippen LogP contribution in [-0.4, -0.2) is 9.91 Å². The third-order valence-electron chi connectivity index (χ3n) is 2.37. The Kier molecular flexibility index (Phi) is 3.87. The quantitative estimate of drug-likeness (QED) is 0.478. The van der Waals surface area contributed by atoms with Crippen molar-refractivity contribution in [3.8, 4) is 11.5 Å².